The van der Waals surface area contributed by atoms with Crippen LogP contribution in [0.15, 0.2) is 60.2 Å². The van der Waals surface area contributed by atoms with Crippen LogP contribution in [-0.4, -0.2) is 18.9 Å². The van der Waals surface area contributed by atoms with Crippen LogP contribution in [0.4, 0.5) is 5.69 Å². The molecule has 0 atom stereocenters. The highest BCUT2D eigenvalue weighted by Crippen LogP contribution is 2.16. The Morgan fingerprint density at radius 1 is 1.15 bits per heavy atom. The lowest BCUT2D eigenvalue weighted by Gasteiger charge is -2.20. The molecule has 0 N–H and O–H groups in total. The second kappa shape index (κ2) is 6.90. The molecule has 2 nitrogen and oxygen atoms in total. The van der Waals surface area contributed by atoms with Gasteiger partial charge >= 0.3 is 0 Å². The number of benzene rings is 1. The first-order valence-corrected chi connectivity index (χ1v) is 7.03. The van der Waals surface area contributed by atoms with Crippen LogP contribution in [0.25, 0.3) is 0 Å². The first kappa shape index (κ1) is 14.3. The smallest absolute Gasteiger partial charge is 0.185 e. The van der Waals surface area contributed by atoms with Gasteiger partial charge < -0.3 is 4.90 Å². The molecule has 1 aliphatic carbocycles. The Bertz CT molecular complexity index is 545. The summed E-state index contributed by atoms with van der Waals surface area (Å²) in [6.45, 7) is 6.21. The number of carbonyl (C=O) groups is 1. The molecule has 0 amide bonds. The molecule has 0 aliphatic heterocycles. The third-order valence-corrected chi connectivity index (χ3v) is 3.40. The minimum Gasteiger partial charge on any atom is -0.372 e. The van der Waals surface area contributed by atoms with E-state index in [4.69, 9.17) is 0 Å². The molecule has 1 radical (unpaired) electrons. The molecule has 0 unspecified atom stereocenters. The average Bonchev–Trinajstić information content (AvgIpc) is 3.00. The lowest BCUT2D eigenvalue weighted by Crippen LogP contribution is -2.21. The van der Waals surface area contributed by atoms with Gasteiger partial charge in [-0.05, 0) is 49.8 Å². The Morgan fingerprint density at radius 3 is 2.40 bits per heavy atom. The van der Waals surface area contributed by atoms with Crippen LogP contribution in [0.2, 0.25) is 0 Å². The zero-order valence-electron chi connectivity index (χ0n) is 12.0. The van der Waals surface area contributed by atoms with Crippen LogP contribution >= 0.6 is 0 Å². The molecule has 0 heterocycles. The average molecular weight is 266 g/mol. The van der Waals surface area contributed by atoms with Crippen LogP contribution in [0, 0.1) is 6.42 Å². The van der Waals surface area contributed by atoms with E-state index in [0.29, 0.717) is 0 Å². The molecule has 0 saturated carbocycles. The van der Waals surface area contributed by atoms with Crippen LogP contribution in [0.1, 0.15) is 24.2 Å². The van der Waals surface area contributed by atoms with Crippen molar-refractivity contribution in [1.82, 2.24) is 0 Å². The summed E-state index contributed by atoms with van der Waals surface area (Å²) in [7, 11) is 0. The van der Waals surface area contributed by atoms with Gasteiger partial charge in [-0.1, -0.05) is 24.3 Å². The standard InChI is InChI=1S/C18H20NO/c1-3-19(4-2)17-12-10-16(11-13-17)18(20)14-9-15-7-5-6-8-15/h5-14H,3-4H2,1-2H3/b14-9+. The van der Waals surface area contributed by atoms with Crippen molar-refractivity contribution in [2.75, 3.05) is 18.0 Å². The van der Waals surface area contributed by atoms with Crippen molar-refractivity contribution in [1.29, 1.82) is 0 Å². The maximum atomic E-state index is 12.1. The van der Waals surface area contributed by atoms with Gasteiger partial charge in [-0.2, -0.15) is 0 Å². The van der Waals surface area contributed by atoms with E-state index in [0.717, 1.165) is 29.9 Å². The molecule has 1 aliphatic rings. The Labute approximate surface area is 121 Å². The Kier molecular flexibility index (Phi) is 4.94. The van der Waals surface area contributed by atoms with Crippen molar-refractivity contribution in [3.05, 3.63) is 72.2 Å². The molecule has 0 aromatic heterocycles. The lowest BCUT2D eigenvalue weighted by atomic mass is 10.1. The van der Waals surface area contributed by atoms with E-state index in [-0.39, 0.29) is 5.78 Å². The topological polar surface area (TPSA) is 20.3 Å². The monoisotopic (exact) mass is 266 g/mol. The fourth-order valence-corrected chi connectivity index (χ4v) is 2.19. The summed E-state index contributed by atoms with van der Waals surface area (Å²) >= 11 is 0. The minimum absolute atomic E-state index is 0.0392. The zero-order chi connectivity index (χ0) is 14.4. The SMILES string of the molecule is CCN(CC)c1ccc(C(=O)/C=C/C2=C[CH]C=C2)cc1. The van der Waals surface area contributed by atoms with Gasteiger partial charge in [0.1, 0.15) is 0 Å². The Morgan fingerprint density at radius 2 is 1.85 bits per heavy atom. The van der Waals surface area contributed by atoms with Crippen molar-refractivity contribution in [3.8, 4) is 0 Å². The van der Waals surface area contributed by atoms with Gasteiger partial charge in [0.05, 0.1) is 0 Å². The van der Waals surface area contributed by atoms with Gasteiger partial charge in [0.15, 0.2) is 5.78 Å². The highest BCUT2D eigenvalue weighted by Gasteiger charge is 2.05. The maximum Gasteiger partial charge on any atom is 0.185 e. The maximum absolute atomic E-state index is 12.1. The molecule has 20 heavy (non-hydrogen) atoms. The predicted molar refractivity (Wildman–Crippen MR) is 85.0 cm³/mol. The summed E-state index contributed by atoms with van der Waals surface area (Å²) in [6.07, 6.45) is 11.4. The first-order valence-electron chi connectivity index (χ1n) is 7.03. The fourth-order valence-electron chi connectivity index (χ4n) is 2.19. The third kappa shape index (κ3) is 3.47. The summed E-state index contributed by atoms with van der Waals surface area (Å²) in [5, 5.41) is 0. The van der Waals surface area contributed by atoms with E-state index >= 15 is 0 Å². The van der Waals surface area contributed by atoms with Crippen LogP contribution in [-0.2, 0) is 0 Å². The van der Waals surface area contributed by atoms with E-state index in [2.05, 4.69) is 18.7 Å². The Balaban J connectivity index is 2.05. The van der Waals surface area contributed by atoms with E-state index in [9.17, 15) is 4.79 Å². The van der Waals surface area contributed by atoms with Gasteiger partial charge in [-0.25, -0.2) is 0 Å². The summed E-state index contributed by atoms with van der Waals surface area (Å²) < 4.78 is 0. The van der Waals surface area contributed by atoms with Gasteiger partial charge in [-0.3, -0.25) is 4.79 Å². The van der Waals surface area contributed by atoms with Gasteiger partial charge in [0.2, 0.25) is 0 Å². The van der Waals surface area contributed by atoms with Gasteiger partial charge in [-0.15, -0.1) is 0 Å². The number of ketones is 1. The Hall–Kier alpha value is -2.09. The van der Waals surface area contributed by atoms with Crippen LogP contribution < -0.4 is 4.90 Å². The van der Waals surface area contributed by atoms with E-state index in [1.165, 1.54) is 0 Å². The van der Waals surface area contributed by atoms with E-state index in [1.54, 1.807) is 6.08 Å². The summed E-state index contributed by atoms with van der Waals surface area (Å²) in [6, 6.07) is 7.81. The molecule has 1 aromatic carbocycles. The molecule has 0 spiro atoms. The minimum atomic E-state index is 0.0392. The molecular weight excluding hydrogens is 246 g/mol. The second-order valence-electron chi connectivity index (χ2n) is 4.63. The van der Waals surface area contributed by atoms with E-state index < -0.39 is 0 Å². The van der Waals surface area contributed by atoms with Gasteiger partial charge in [0, 0.05) is 30.8 Å². The first-order chi connectivity index (χ1) is 9.74. The van der Waals surface area contributed by atoms with Crippen LogP contribution in [0.3, 0.4) is 0 Å². The van der Waals surface area contributed by atoms with Crippen molar-refractivity contribution in [2.45, 2.75) is 13.8 Å². The molecule has 0 bridgehead atoms. The van der Waals surface area contributed by atoms with Crippen molar-refractivity contribution in [2.24, 2.45) is 0 Å². The second-order valence-corrected chi connectivity index (χ2v) is 4.63. The third-order valence-electron chi connectivity index (χ3n) is 3.40. The molecule has 2 rings (SSSR count). The lowest BCUT2D eigenvalue weighted by molar-refractivity contribution is 0.104. The summed E-state index contributed by atoms with van der Waals surface area (Å²) in [5.74, 6) is 0.0392. The number of anilines is 1. The largest absolute Gasteiger partial charge is 0.372 e. The molecule has 103 valence electrons. The van der Waals surface area contributed by atoms with Crippen molar-refractivity contribution >= 4 is 11.5 Å². The molecular formula is C18H20NO. The number of rotatable bonds is 6. The predicted octanol–water partition coefficient (Wildman–Crippen LogP) is 3.97. The summed E-state index contributed by atoms with van der Waals surface area (Å²) in [5.41, 5.74) is 2.94. The van der Waals surface area contributed by atoms with Crippen molar-refractivity contribution in [3.63, 3.8) is 0 Å². The normalized spacial score (nSPS) is 13.8. The number of nitrogens with zero attached hydrogens (tertiary/aromatic N) is 1. The zero-order valence-corrected chi connectivity index (χ0v) is 12.0. The highest BCUT2D eigenvalue weighted by atomic mass is 16.1. The molecule has 0 fully saturated rings. The number of carbonyl (C=O) groups excluding carboxylic acids is 1. The summed E-state index contributed by atoms with van der Waals surface area (Å²) in [4.78, 5) is 14.3. The molecule has 2 heteroatoms. The van der Waals surface area contributed by atoms with Crippen molar-refractivity contribution < 1.29 is 4.79 Å². The molecule has 1 aromatic rings. The number of hydrogen-bond acceptors (Lipinski definition) is 2. The fraction of sp³-hybridized carbons (Fsp3) is 0.222. The van der Waals surface area contributed by atoms with Crippen LogP contribution in [0.5, 0.6) is 0 Å². The van der Waals surface area contributed by atoms with E-state index in [1.807, 2.05) is 55.0 Å². The number of hydrogen-bond donors (Lipinski definition) is 0. The number of allylic oxidation sites excluding steroid dienone is 6. The molecule has 0 saturated heterocycles. The quantitative estimate of drug-likeness (QED) is 0.573. The highest BCUT2D eigenvalue weighted by molar-refractivity contribution is 6.05. The van der Waals surface area contributed by atoms with Gasteiger partial charge in [0.25, 0.3) is 0 Å².